The van der Waals surface area contributed by atoms with Crippen molar-refractivity contribution in [3.8, 4) is 17.1 Å². The first-order valence-corrected chi connectivity index (χ1v) is 10.1. The van der Waals surface area contributed by atoms with E-state index in [9.17, 15) is 4.79 Å². The topological polar surface area (TPSA) is 86.9 Å². The molecule has 1 aliphatic heterocycles. The zero-order chi connectivity index (χ0) is 20.7. The van der Waals surface area contributed by atoms with Crippen LogP contribution in [0.3, 0.4) is 0 Å². The molecular formula is C21H28N6O2. The average molecular weight is 396 g/mol. The number of ether oxygens (including phenoxy) is 1. The van der Waals surface area contributed by atoms with Crippen molar-refractivity contribution in [1.82, 2.24) is 29.9 Å². The molecule has 29 heavy (non-hydrogen) atoms. The van der Waals surface area contributed by atoms with Crippen molar-refractivity contribution in [2.24, 2.45) is 18.9 Å². The predicted molar refractivity (Wildman–Crippen MR) is 111 cm³/mol. The van der Waals surface area contributed by atoms with E-state index in [1.54, 1.807) is 0 Å². The highest BCUT2D eigenvalue weighted by Gasteiger charge is 2.29. The lowest BCUT2D eigenvalue weighted by Gasteiger charge is -2.19. The summed E-state index contributed by atoms with van der Waals surface area (Å²) in [6.45, 7) is 9.83. The van der Waals surface area contributed by atoms with Gasteiger partial charge in [0.15, 0.2) is 0 Å². The average Bonchev–Trinajstić information content (AvgIpc) is 3.35. The Kier molecular flexibility index (Phi) is 5.02. The standard InChI is InChI=1S/C21H28N6O2/c1-12(2)10-27-11-16(9-23-27)17-7-18-20(13(3)26(5)25-18)21(24-17)29-14(4)15-6-19(28)22-8-15/h7,9,11-12,14-15H,6,8,10H2,1-5H3,(H,22,28)/t14-,15-/m1/s1. The molecule has 2 atom stereocenters. The number of aryl methyl sites for hydroxylation is 2. The van der Waals surface area contributed by atoms with Crippen LogP contribution in [0.4, 0.5) is 0 Å². The van der Waals surface area contributed by atoms with Crippen LogP contribution in [0.1, 0.15) is 32.9 Å². The van der Waals surface area contributed by atoms with Crippen LogP contribution in [0.5, 0.6) is 5.88 Å². The first-order valence-electron chi connectivity index (χ1n) is 10.1. The minimum Gasteiger partial charge on any atom is -0.474 e. The van der Waals surface area contributed by atoms with E-state index in [1.165, 1.54) is 0 Å². The number of hydrogen-bond donors (Lipinski definition) is 1. The normalized spacial score (nSPS) is 17.9. The van der Waals surface area contributed by atoms with Crippen molar-refractivity contribution in [2.75, 3.05) is 6.54 Å². The number of amides is 1. The maximum absolute atomic E-state index is 11.6. The largest absolute Gasteiger partial charge is 0.474 e. The molecule has 0 spiro atoms. The van der Waals surface area contributed by atoms with Gasteiger partial charge in [0.2, 0.25) is 11.8 Å². The van der Waals surface area contributed by atoms with Crippen LogP contribution >= 0.6 is 0 Å². The van der Waals surface area contributed by atoms with Gasteiger partial charge in [-0.05, 0) is 25.8 Å². The maximum Gasteiger partial charge on any atom is 0.225 e. The van der Waals surface area contributed by atoms with E-state index in [0.29, 0.717) is 24.8 Å². The van der Waals surface area contributed by atoms with E-state index < -0.39 is 0 Å². The fourth-order valence-electron chi connectivity index (χ4n) is 3.76. The fraction of sp³-hybridized carbons (Fsp3) is 0.524. The summed E-state index contributed by atoms with van der Waals surface area (Å²) in [5.74, 6) is 1.28. The molecule has 8 heteroatoms. The number of rotatable bonds is 6. The van der Waals surface area contributed by atoms with Gasteiger partial charge in [-0.1, -0.05) is 13.8 Å². The molecule has 0 saturated carbocycles. The molecule has 1 aliphatic rings. The molecule has 1 saturated heterocycles. The highest BCUT2D eigenvalue weighted by atomic mass is 16.5. The molecule has 8 nitrogen and oxygen atoms in total. The van der Waals surface area contributed by atoms with Gasteiger partial charge in [-0.15, -0.1) is 0 Å². The fourth-order valence-corrected chi connectivity index (χ4v) is 3.76. The molecule has 1 fully saturated rings. The van der Waals surface area contributed by atoms with Gasteiger partial charge in [0, 0.05) is 49.9 Å². The number of fused-ring (bicyclic) bond motifs is 1. The van der Waals surface area contributed by atoms with Crippen LogP contribution in [0.15, 0.2) is 18.5 Å². The summed E-state index contributed by atoms with van der Waals surface area (Å²) in [6.07, 6.45) is 4.19. The summed E-state index contributed by atoms with van der Waals surface area (Å²) >= 11 is 0. The van der Waals surface area contributed by atoms with Gasteiger partial charge >= 0.3 is 0 Å². The lowest BCUT2D eigenvalue weighted by atomic mass is 10.0. The smallest absolute Gasteiger partial charge is 0.225 e. The summed E-state index contributed by atoms with van der Waals surface area (Å²) < 4.78 is 10.1. The summed E-state index contributed by atoms with van der Waals surface area (Å²) in [7, 11) is 1.92. The van der Waals surface area contributed by atoms with Crippen molar-refractivity contribution in [3.63, 3.8) is 0 Å². The van der Waals surface area contributed by atoms with Gasteiger partial charge in [0.1, 0.15) is 11.6 Å². The minimum atomic E-state index is -0.136. The van der Waals surface area contributed by atoms with Gasteiger partial charge in [-0.3, -0.25) is 14.2 Å². The Bertz CT molecular complexity index is 1050. The number of carbonyl (C=O) groups is 1. The molecule has 0 radical (unpaired) electrons. The Labute approximate surface area is 170 Å². The molecule has 4 heterocycles. The number of hydrogen-bond acceptors (Lipinski definition) is 5. The Balaban J connectivity index is 1.71. The van der Waals surface area contributed by atoms with Crippen molar-refractivity contribution >= 4 is 16.8 Å². The van der Waals surface area contributed by atoms with Gasteiger partial charge in [0.05, 0.1) is 17.3 Å². The Morgan fingerprint density at radius 3 is 2.83 bits per heavy atom. The predicted octanol–water partition coefficient (Wildman–Crippen LogP) is 2.70. The number of pyridine rings is 1. The van der Waals surface area contributed by atoms with Crippen LogP contribution in [-0.2, 0) is 18.4 Å². The second-order valence-electron chi connectivity index (χ2n) is 8.35. The van der Waals surface area contributed by atoms with E-state index in [2.05, 4.69) is 29.4 Å². The van der Waals surface area contributed by atoms with Crippen molar-refractivity contribution in [3.05, 3.63) is 24.2 Å². The number of nitrogens with zero attached hydrogens (tertiary/aromatic N) is 5. The van der Waals surface area contributed by atoms with Crippen LogP contribution in [-0.4, -0.2) is 43.1 Å². The van der Waals surface area contributed by atoms with Crippen LogP contribution < -0.4 is 10.1 Å². The third kappa shape index (κ3) is 3.83. The molecule has 0 bridgehead atoms. The number of nitrogens with one attached hydrogen (secondary N) is 1. The maximum atomic E-state index is 11.6. The third-order valence-electron chi connectivity index (χ3n) is 5.52. The van der Waals surface area contributed by atoms with Crippen molar-refractivity contribution in [1.29, 1.82) is 0 Å². The lowest BCUT2D eigenvalue weighted by Crippen LogP contribution is -2.26. The number of carbonyl (C=O) groups excluding carboxylic acids is 1. The first kappa shape index (κ1) is 19.4. The van der Waals surface area contributed by atoms with Gasteiger partial charge in [0.25, 0.3) is 0 Å². The zero-order valence-electron chi connectivity index (χ0n) is 17.6. The zero-order valence-corrected chi connectivity index (χ0v) is 17.6. The SMILES string of the molecule is Cc1c2c(O[C@H](C)[C@H]3CNC(=O)C3)nc(-c3cnn(CC(C)C)c3)cc2nn1C. The summed E-state index contributed by atoms with van der Waals surface area (Å²) in [4.78, 5) is 16.4. The second kappa shape index (κ2) is 7.50. The van der Waals surface area contributed by atoms with Crippen molar-refractivity contribution in [2.45, 2.75) is 46.8 Å². The first-order chi connectivity index (χ1) is 13.8. The Morgan fingerprint density at radius 1 is 1.34 bits per heavy atom. The second-order valence-corrected chi connectivity index (χ2v) is 8.35. The van der Waals surface area contributed by atoms with E-state index in [-0.39, 0.29) is 17.9 Å². The molecule has 1 N–H and O–H groups in total. The van der Waals surface area contributed by atoms with E-state index in [4.69, 9.17) is 9.72 Å². The molecule has 154 valence electrons. The van der Waals surface area contributed by atoms with Crippen LogP contribution in [0, 0.1) is 18.8 Å². The van der Waals surface area contributed by atoms with E-state index in [1.807, 2.05) is 48.7 Å². The summed E-state index contributed by atoms with van der Waals surface area (Å²) in [5, 5.41) is 12.9. The molecular weight excluding hydrogens is 368 g/mol. The summed E-state index contributed by atoms with van der Waals surface area (Å²) in [6, 6.07) is 1.98. The molecule has 0 aliphatic carbocycles. The molecule has 1 amide bonds. The van der Waals surface area contributed by atoms with Gasteiger partial charge in [-0.25, -0.2) is 4.98 Å². The van der Waals surface area contributed by atoms with Gasteiger partial charge < -0.3 is 10.1 Å². The van der Waals surface area contributed by atoms with Crippen LogP contribution in [0.25, 0.3) is 22.2 Å². The minimum absolute atomic E-state index is 0.0763. The van der Waals surface area contributed by atoms with Crippen molar-refractivity contribution < 1.29 is 9.53 Å². The Morgan fingerprint density at radius 2 is 2.14 bits per heavy atom. The molecule has 3 aromatic rings. The monoisotopic (exact) mass is 396 g/mol. The highest BCUT2D eigenvalue weighted by Crippen LogP contribution is 2.32. The quantitative estimate of drug-likeness (QED) is 0.692. The lowest BCUT2D eigenvalue weighted by molar-refractivity contribution is -0.119. The molecule has 3 aromatic heterocycles. The van der Waals surface area contributed by atoms with E-state index >= 15 is 0 Å². The molecule has 0 aromatic carbocycles. The third-order valence-corrected chi connectivity index (χ3v) is 5.52. The number of aromatic nitrogens is 5. The summed E-state index contributed by atoms with van der Waals surface area (Å²) in [5.41, 5.74) is 3.56. The Hall–Kier alpha value is -2.90. The molecule has 0 unspecified atom stereocenters. The van der Waals surface area contributed by atoms with E-state index in [0.717, 1.165) is 34.4 Å². The van der Waals surface area contributed by atoms with Crippen LogP contribution in [0.2, 0.25) is 0 Å². The van der Waals surface area contributed by atoms with Gasteiger partial charge in [-0.2, -0.15) is 10.2 Å². The highest BCUT2D eigenvalue weighted by molar-refractivity contribution is 5.89. The molecule has 4 rings (SSSR count).